The predicted octanol–water partition coefficient (Wildman–Crippen LogP) is 3.51. The molecule has 2 aromatic rings. The van der Waals surface area contributed by atoms with E-state index in [1.54, 1.807) is 31.2 Å². The van der Waals surface area contributed by atoms with Crippen LogP contribution in [0.25, 0.3) is 0 Å². The molecule has 0 saturated carbocycles. The van der Waals surface area contributed by atoms with Crippen LogP contribution in [0, 0.1) is 13.8 Å². The second kappa shape index (κ2) is 5.46. The van der Waals surface area contributed by atoms with Crippen LogP contribution in [-0.2, 0) is 15.6 Å². The first-order valence-electron chi connectivity index (χ1n) is 6.13. The van der Waals surface area contributed by atoms with Crippen molar-refractivity contribution in [2.24, 2.45) is 0 Å². The van der Waals surface area contributed by atoms with Crippen LogP contribution in [-0.4, -0.2) is 8.42 Å². The summed E-state index contributed by atoms with van der Waals surface area (Å²) < 4.78 is 25.1. The van der Waals surface area contributed by atoms with Crippen molar-refractivity contribution in [2.75, 3.05) is 5.73 Å². The van der Waals surface area contributed by atoms with Crippen LogP contribution in [0.15, 0.2) is 41.3 Å². The molecule has 0 spiro atoms. The Bertz CT molecular complexity index is 754. The Hall–Kier alpha value is -1.52. The third kappa shape index (κ3) is 3.14. The zero-order valence-corrected chi connectivity index (χ0v) is 12.9. The number of hydrogen-bond acceptors (Lipinski definition) is 3. The Kier molecular flexibility index (Phi) is 4.06. The molecule has 0 bridgehead atoms. The maximum atomic E-state index is 12.5. The molecule has 2 rings (SSSR count). The fraction of sp³-hybridized carbons (Fsp3) is 0.200. The molecule has 0 atom stereocenters. The summed E-state index contributed by atoms with van der Waals surface area (Å²) in [7, 11) is -3.44. The maximum absolute atomic E-state index is 12.5. The Morgan fingerprint density at radius 3 is 2.50 bits per heavy atom. The van der Waals surface area contributed by atoms with E-state index in [9.17, 15) is 8.42 Å². The Balaban J connectivity index is 2.46. The minimum Gasteiger partial charge on any atom is -0.398 e. The van der Waals surface area contributed by atoms with Crippen LogP contribution in [0.5, 0.6) is 0 Å². The van der Waals surface area contributed by atoms with Gasteiger partial charge in [-0.25, -0.2) is 8.42 Å². The number of benzene rings is 2. The van der Waals surface area contributed by atoms with Gasteiger partial charge in [0, 0.05) is 10.7 Å². The summed E-state index contributed by atoms with van der Waals surface area (Å²) in [6.45, 7) is 3.65. The van der Waals surface area contributed by atoms with E-state index < -0.39 is 9.84 Å². The minimum absolute atomic E-state index is 0.149. The lowest BCUT2D eigenvalue weighted by Crippen LogP contribution is -2.09. The number of halogens is 1. The number of anilines is 1. The highest BCUT2D eigenvalue weighted by Crippen LogP contribution is 2.25. The van der Waals surface area contributed by atoms with Crippen LogP contribution >= 0.6 is 11.6 Å². The largest absolute Gasteiger partial charge is 0.398 e. The van der Waals surface area contributed by atoms with Crippen molar-refractivity contribution in [3.63, 3.8) is 0 Å². The zero-order valence-electron chi connectivity index (χ0n) is 11.4. The summed E-state index contributed by atoms with van der Waals surface area (Å²) in [6.07, 6.45) is 0. The summed E-state index contributed by atoms with van der Waals surface area (Å²) in [5.74, 6) is -0.149. The van der Waals surface area contributed by atoms with Crippen LogP contribution < -0.4 is 5.73 Å². The highest BCUT2D eigenvalue weighted by molar-refractivity contribution is 7.90. The smallest absolute Gasteiger partial charge is 0.182 e. The van der Waals surface area contributed by atoms with Crippen molar-refractivity contribution in [1.82, 2.24) is 0 Å². The van der Waals surface area contributed by atoms with Gasteiger partial charge in [0.1, 0.15) is 0 Å². The number of sulfone groups is 1. The Morgan fingerprint density at radius 2 is 1.80 bits per heavy atom. The Morgan fingerprint density at radius 1 is 1.10 bits per heavy atom. The van der Waals surface area contributed by atoms with Crippen LogP contribution in [0.4, 0.5) is 5.69 Å². The van der Waals surface area contributed by atoms with Crippen LogP contribution in [0.1, 0.15) is 16.7 Å². The van der Waals surface area contributed by atoms with Gasteiger partial charge in [-0.3, -0.25) is 0 Å². The van der Waals surface area contributed by atoms with Crippen molar-refractivity contribution in [1.29, 1.82) is 0 Å². The van der Waals surface area contributed by atoms with Crippen LogP contribution in [0.2, 0.25) is 5.02 Å². The summed E-state index contributed by atoms with van der Waals surface area (Å²) in [5, 5.41) is 0.477. The fourth-order valence-corrected chi connectivity index (χ4v) is 3.96. The number of nitrogens with two attached hydrogens (primary N) is 1. The molecule has 3 nitrogen and oxygen atoms in total. The van der Waals surface area contributed by atoms with Gasteiger partial charge < -0.3 is 5.73 Å². The molecule has 2 N–H and O–H groups in total. The molecular weight excluding hydrogens is 294 g/mol. The second-order valence-corrected chi connectivity index (χ2v) is 7.27. The SMILES string of the molecule is Cc1ccc(C)c(S(=O)(=O)Cc2cc(Cl)ccc2N)c1. The van der Waals surface area contributed by atoms with E-state index >= 15 is 0 Å². The molecule has 0 aliphatic heterocycles. The van der Waals surface area contributed by atoms with Gasteiger partial charge in [-0.15, -0.1) is 0 Å². The molecule has 0 amide bonds. The lowest BCUT2D eigenvalue weighted by molar-refractivity contribution is 0.594. The molecule has 0 aliphatic carbocycles. The molecule has 0 saturated heterocycles. The average molecular weight is 310 g/mol. The van der Waals surface area contributed by atoms with Crippen molar-refractivity contribution in [3.05, 3.63) is 58.1 Å². The molecule has 2 aromatic carbocycles. The average Bonchev–Trinajstić information content (AvgIpc) is 2.36. The van der Waals surface area contributed by atoms with E-state index in [1.165, 1.54) is 0 Å². The quantitative estimate of drug-likeness (QED) is 0.883. The van der Waals surface area contributed by atoms with Gasteiger partial charge in [0.2, 0.25) is 0 Å². The molecule has 0 fully saturated rings. The Labute approximate surface area is 124 Å². The summed E-state index contributed by atoms with van der Waals surface area (Å²) in [5.41, 5.74) is 8.42. The van der Waals surface area contributed by atoms with Crippen molar-refractivity contribution in [2.45, 2.75) is 24.5 Å². The molecule has 0 aromatic heterocycles. The van der Waals surface area contributed by atoms with Gasteiger partial charge in [0.15, 0.2) is 9.84 Å². The van der Waals surface area contributed by atoms with E-state index in [-0.39, 0.29) is 5.75 Å². The van der Waals surface area contributed by atoms with E-state index in [2.05, 4.69) is 0 Å². The van der Waals surface area contributed by atoms with Gasteiger partial charge in [-0.2, -0.15) is 0 Å². The van der Waals surface area contributed by atoms with Crippen molar-refractivity contribution < 1.29 is 8.42 Å². The van der Waals surface area contributed by atoms with Gasteiger partial charge in [0.05, 0.1) is 10.6 Å². The van der Waals surface area contributed by atoms with Crippen molar-refractivity contribution in [3.8, 4) is 0 Å². The number of nitrogen functional groups attached to an aromatic ring is 1. The molecular formula is C15H16ClNO2S. The first kappa shape index (κ1) is 14.9. The monoisotopic (exact) mass is 309 g/mol. The van der Waals surface area contributed by atoms with Gasteiger partial charge in [-0.1, -0.05) is 23.7 Å². The third-order valence-electron chi connectivity index (χ3n) is 3.13. The maximum Gasteiger partial charge on any atom is 0.182 e. The van der Waals surface area contributed by atoms with Gasteiger partial charge in [0.25, 0.3) is 0 Å². The molecule has 5 heteroatoms. The van der Waals surface area contributed by atoms with E-state index in [1.807, 2.05) is 19.1 Å². The lowest BCUT2D eigenvalue weighted by atomic mass is 10.2. The summed E-state index contributed by atoms with van der Waals surface area (Å²) in [6, 6.07) is 10.2. The molecule has 0 heterocycles. The second-order valence-electron chi connectivity index (χ2n) is 4.87. The highest BCUT2D eigenvalue weighted by atomic mass is 35.5. The van der Waals surface area contributed by atoms with E-state index in [0.29, 0.717) is 21.2 Å². The van der Waals surface area contributed by atoms with E-state index in [0.717, 1.165) is 11.1 Å². The standard InChI is InChI=1S/C15H16ClNO2S/c1-10-3-4-11(2)15(7-10)20(18,19)9-12-8-13(16)5-6-14(12)17/h3-8H,9,17H2,1-2H3. The first-order valence-corrected chi connectivity index (χ1v) is 8.16. The topological polar surface area (TPSA) is 60.2 Å². The first-order chi connectivity index (χ1) is 9.29. The zero-order chi connectivity index (χ0) is 14.9. The number of aryl methyl sites for hydroxylation is 2. The van der Waals surface area contributed by atoms with Crippen LogP contribution in [0.3, 0.4) is 0 Å². The molecule has 20 heavy (non-hydrogen) atoms. The lowest BCUT2D eigenvalue weighted by Gasteiger charge is -2.10. The normalized spacial score (nSPS) is 11.6. The fourth-order valence-electron chi connectivity index (χ4n) is 2.02. The highest BCUT2D eigenvalue weighted by Gasteiger charge is 2.19. The van der Waals surface area contributed by atoms with Gasteiger partial charge in [-0.05, 0) is 54.8 Å². The third-order valence-corrected chi connectivity index (χ3v) is 5.17. The summed E-state index contributed by atoms with van der Waals surface area (Å²) in [4.78, 5) is 0.344. The summed E-state index contributed by atoms with van der Waals surface area (Å²) >= 11 is 5.90. The number of hydrogen-bond donors (Lipinski definition) is 1. The van der Waals surface area contributed by atoms with Gasteiger partial charge >= 0.3 is 0 Å². The molecule has 106 valence electrons. The molecule has 0 unspecified atom stereocenters. The van der Waals surface area contributed by atoms with E-state index in [4.69, 9.17) is 17.3 Å². The number of rotatable bonds is 3. The predicted molar refractivity (Wildman–Crippen MR) is 82.7 cm³/mol. The van der Waals surface area contributed by atoms with Crippen molar-refractivity contribution >= 4 is 27.1 Å². The molecule has 0 radical (unpaired) electrons. The molecule has 0 aliphatic rings. The minimum atomic E-state index is -3.44.